The maximum Gasteiger partial charge on any atom is 0.0754 e. The van der Waals surface area contributed by atoms with Crippen LogP contribution in [0.4, 0.5) is 0 Å². The van der Waals surface area contributed by atoms with Crippen LogP contribution in [0.1, 0.15) is 20.3 Å². The zero-order valence-corrected chi connectivity index (χ0v) is 9.55. The minimum Gasteiger partial charge on any atom is -0.375 e. The monoisotopic (exact) mass is 201 g/mol. The molecule has 2 unspecified atom stereocenters. The van der Waals surface area contributed by atoms with Crippen LogP contribution < -0.4 is 10.7 Å². The molecule has 0 amide bonds. The van der Waals surface area contributed by atoms with Crippen LogP contribution in [0, 0.1) is 0 Å². The second-order valence-corrected chi connectivity index (χ2v) is 3.43. The maximum atomic E-state index is 5.66. The molecule has 2 aliphatic heterocycles. The second-order valence-electron chi connectivity index (χ2n) is 3.43. The summed E-state index contributed by atoms with van der Waals surface area (Å²) in [4.78, 5) is 0. The zero-order chi connectivity index (χ0) is 10.4. The Morgan fingerprint density at radius 1 is 1.43 bits per heavy atom. The Hall–Kier alpha value is -0.160. The van der Waals surface area contributed by atoms with Crippen LogP contribution in [0.15, 0.2) is 0 Å². The Kier molecular flexibility index (Phi) is 5.40. The van der Waals surface area contributed by atoms with Gasteiger partial charge in [-0.15, -0.1) is 0 Å². The summed E-state index contributed by atoms with van der Waals surface area (Å²) in [5.41, 5.74) is 3.17. The van der Waals surface area contributed by atoms with Gasteiger partial charge in [0.15, 0.2) is 0 Å². The molecule has 14 heavy (non-hydrogen) atoms. The molecule has 0 saturated carbocycles. The van der Waals surface area contributed by atoms with E-state index in [0.717, 1.165) is 32.7 Å². The lowest BCUT2D eigenvalue weighted by Gasteiger charge is -2.41. The highest BCUT2D eigenvalue weighted by atomic mass is 16.5. The van der Waals surface area contributed by atoms with Gasteiger partial charge in [-0.1, -0.05) is 13.8 Å². The van der Waals surface area contributed by atoms with Crippen LogP contribution in [-0.2, 0) is 4.74 Å². The number of hydrogen-bond acceptors (Lipinski definition) is 4. The van der Waals surface area contributed by atoms with Gasteiger partial charge in [-0.25, -0.2) is 5.01 Å². The van der Waals surface area contributed by atoms with Crippen LogP contribution >= 0.6 is 0 Å². The van der Waals surface area contributed by atoms with Crippen molar-refractivity contribution in [2.24, 2.45) is 0 Å². The van der Waals surface area contributed by atoms with E-state index < -0.39 is 0 Å². The van der Waals surface area contributed by atoms with E-state index in [0.29, 0.717) is 12.1 Å². The normalized spacial score (nSPS) is 32.8. The molecule has 84 valence electrons. The number of piperidine rings is 1. The Labute approximate surface area is 87.0 Å². The largest absolute Gasteiger partial charge is 0.375 e. The molecule has 2 aliphatic rings. The molecular weight excluding hydrogens is 178 g/mol. The summed E-state index contributed by atoms with van der Waals surface area (Å²) in [7, 11) is 1.98. The molecule has 2 heterocycles. The van der Waals surface area contributed by atoms with Crippen LogP contribution in [0.25, 0.3) is 0 Å². The number of fused-ring (bicyclic) bond motifs is 1. The van der Waals surface area contributed by atoms with Gasteiger partial charge in [-0.2, -0.15) is 0 Å². The smallest absolute Gasteiger partial charge is 0.0754 e. The van der Waals surface area contributed by atoms with E-state index in [1.54, 1.807) is 0 Å². The van der Waals surface area contributed by atoms with Crippen molar-refractivity contribution >= 4 is 0 Å². The summed E-state index contributed by atoms with van der Waals surface area (Å²) in [6.07, 6.45) is 1.58. The van der Waals surface area contributed by atoms with E-state index in [2.05, 4.69) is 15.8 Å². The summed E-state index contributed by atoms with van der Waals surface area (Å²) < 4.78 is 5.66. The molecule has 0 radical (unpaired) electrons. The van der Waals surface area contributed by atoms with E-state index in [9.17, 15) is 0 Å². The van der Waals surface area contributed by atoms with Gasteiger partial charge in [-0.3, -0.25) is 5.43 Å². The first-order valence-corrected chi connectivity index (χ1v) is 5.67. The summed E-state index contributed by atoms with van der Waals surface area (Å²) in [6.45, 7) is 8.03. The number of rotatable bonds is 1. The molecule has 0 aromatic heterocycles. The summed E-state index contributed by atoms with van der Waals surface area (Å²) in [5, 5.41) is 5.72. The molecule has 2 atom stereocenters. The fourth-order valence-corrected chi connectivity index (χ4v) is 1.98. The predicted molar refractivity (Wildman–Crippen MR) is 58.1 cm³/mol. The molecule has 2 N–H and O–H groups in total. The Bertz CT molecular complexity index is 154. The van der Waals surface area contributed by atoms with E-state index in [4.69, 9.17) is 4.74 Å². The maximum absolute atomic E-state index is 5.66. The summed E-state index contributed by atoms with van der Waals surface area (Å²) in [5.74, 6) is 0. The molecule has 2 rings (SSSR count). The topological polar surface area (TPSA) is 36.5 Å². The molecule has 2 saturated heterocycles. The molecule has 0 spiro atoms. The van der Waals surface area contributed by atoms with Crippen molar-refractivity contribution in [2.45, 2.75) is 32.4 Å². The summed E-state index contributed by atoms with van der Waals surface area (Å²) >= 11 is 0. The lowest BCUT2D eigenvalue weighted by atomic mass is 10.0. The van der Waals surface area contributed by atoms with Gasteiger partial charge in [0.1, 0.15) is 0 Å². The van der Waals surface area contributed by atoms with Gasteiger partial charge in [0.25, 0.3) is 0 Å². The second kappa shape index (κ2) is 6.35. The third kappa shape index (κ3) is 2.92. The van der Waals surface area contributed by atoms with Crippen LogP contribution in [0.5, 0.6) is 0 Å². The van der Waals surface area contributed by atoms with Gasteiger partial charge in [0, 0.05) is 25.7 Å². The van der Waals surface area contributed by atoms with Crippen LogP contribution in [0.2, 0.25) is 0 Å². The molecule has 4 heteroatoms. The number of nitrogens with one attached hydrogen (secondary N) is 2. The van der Waals surface area contributed by atoms with Gasteiger partial charge in [0.2, 0.25) is 0 Å². The first-order chi connectivity index (χ1) is 6.90. The molecule has 4 nitrogen and oxygen atoms in total. The van der Waals surface area contributed by atoms with Gasteiger partial charge >= 0.3 is 0 Å². The molecule has 0 aromatic rings. The quantitative estimate of drug-likeness (QED) is 0.636. The minimum absolute atomic E-state index is 0.448. The number of ether oxygens (including phenoxy) is 1. The van der Waals surface area contributed by atoms with E-state index in [-0.39, 0.29) is 0 Å². The molecule has 0 aliphatic carbocycles. The lowest BCUT2D eigenvalue weighted by molar-refractivity contribution is -0.0509. The van der Waals surface area contributed by atoms with Gasteiger partial charge in [-0.05, 0) is 13.5 Å². The van der Waals surface area contributed by atoms with E-state index in [1.165, 1.54) is 0 Å². The van der Waals surface area contributed by atoms with Crippen molar-refractivity contribution in [1.29, 1.82) is 0 Å². The molecule has 0 aromatic carbocycles. The molecular formula is C10H23N3O. The number of hydrogen-bond donors (Lipinski definition) is 2. The van der Waals surface area contributed by atoms with Crippen molar-refractivity contribution < 1.29 is 4.74 Å². The number of morpholine rings is 1. The van der Waals surface area contributed by atoms with E-state index in [1.807, 2.05) is 20.9 Å². The zero-order valence-electron chi connectivity index (χ0n) is 9.55. The van der Waals surface area contributed by atoms with Crippen molar-refractivity contribution in [2.75, 3.05) is 33.3 Å². The number of nitrogens with zero attached hydrogens (tertiary/aromatic N) is 1. The van der Waals surface area contributed by atoms with Gasteiger partial charge < -0.3 is 10.1 Å². The highest BCUT2D eigenvalue weighted by Crippen LogP contribution is 2.15. The third-order valence-corrected chi connectivity index (χ3v) is 2.71. The highest BCUT2D eigenvalue weighted by molar-refractivity contribution is 4.87. The standard InChI is InChI=1S/C8H17N3O.C2H6/c1-9-11-4-2-8-7(6-11)10-3-5-12-8;1-2/h7-10H,2-6H2,1H3;1-2H3. The Morgan fingerprint density at radius 3 is 2.93 bits per heavy atom. The SMILES string of the molecule is CC.CNN1CCC2OCCNC2C1. The van der Waals surface area contributed by atoms with Crippen LogP contribution in [-0.4, -0.2) is 50.4 Å². The fourth-order valence-electron chi connectivity index (χ4n) is 1.98. The predicted octanol–water partition coefficient (Wildman–Crippen LogP) is 0.210. The van der Waals surface area contributed by atoms with Crippen LogP contribution in [0.3, 0.4) is 0 Å². The van der Waals surface area contributed by atoms with Gasteiger partial charge in [0.05, 0.1) is 12.7 Å². The van der Waals surface area contributed by atoms with E-state index >= 15 is 0 Å². The fraction of sp³-hybridized carbons (Fsp3) is 1.00. The van der Waals surface area contributed by atoms with Crippen molar-refractivity contribution in [3.05, 3.63) is 0 Å². The highest BCUT2D eigenvalue weighted by Gasteiger charge is 2.31. The Morgan fingerprint density at radius 2 is 2.21 bits per heavy atom. The van der Waals surface area contributed by atoms with Crippen molar-refractivity contribution in [3.8, 4) is 0 Å². The number of hydrazine groups is 1. The molecule has 2 fully saturated rings. The third-order valence-electron chi connectivity index (χ3n) is 2.71. The average Bonchev–Trinajstić information content (AvgIpc) is 2.31. The summed E-state index contributed by atoms with van der Waals surface area (Å²) in [6, 6.07) is 0.528. The average molecular weight is 201 g/mol. The first kappa shape index (κ1) is 11.9. The lowest BCUT2D eigenvalue weighted by Crippen LogP contribution is -2.60. The van der Waals surface area contributed by atoms with Crippen molar-refractivity contribution in [1.82, 2.24) is 15.8 Å². The van der Waals surface area contributed by atoms with Crippen molar-refractivity contribution in [3.63, 3.8) is 0 Å². The minimum atomic E-state index is 0.448. The molecule has 0 bridgehead atoms. The Balaban J connectivity index is 0.000000461. The first-order valence-electron chi connectivity index (χ1n) is 5.67.